The maximum absolute atomic E-state index is 13.6. The van der Waals surface area contributed by atoms with Crippen LogP contribution in [0.1, 0.15) is 18.1 Å². The molecule has 1 aromatic heterocycles. The number of hydrazone groups is 1. The van der Waals surface area contributed by atoms with Crippen molar-refractivity contribution < 1.29 is 14.6 Å². The molecule has 0 saturated heterocycles. The second-order valence-electron chi connectivity index (χ2n) is 7.67. The molecule has 0 unspecified atom stereocenters. The first-order chi connectivity index (χ1) is 17.0. The summed E-state index contributed by atoms with van der Waals surface area (Å²) in [6.07, 6.45) is 1.76. The number of rotatable bonds is 6. The Morgan fingerprint density at radius 3 is 2.57 bits per heavy atom. The monoisotopic (exact) mass is 545 g/mol. The summed E-state index contributed by atoms with van der Waals surface area (Å²) < 4.78 is 6.49. The summed E-state index contributed by atoms with van der Waals surface area (Å²) in [5.41, 5.74) is 4.27. The van der Waals surface area contributed by atoms with E-state index in [1.165, 1.54) is 16.3 Å². The molecular weight excluding hydrogens is 526 g/mol. The first-order valence-electron chi connectivity index (χ1n) is 10.9. The number of hydrogen-bond acceptors (Lipinski definition) is 6. The SMILES string of the molecule is CCOc1cc(/C=C2\C(=O)N(c3nc(-c4ccc(Br)cc4)cs3)N=C2c2ccccc2)ccc1O. The molecule has 1 N–H and O–H groups in total. The van der Waals surface area contributed by atoms with Crippen molar-refractivity contribution in [2.24, 2.45) is 5.10 Å². The van der Waals surface area contributed by atoms with Crippen molar-refractivity contribution >= 4 is 50.1 Å². The van der Waals surface area contributed by atoms with Crippen LogP contribution in [0.3, 0.4) is 0 Å². The van der Waals surface area contributed by atoms with E-state index in [9.17, 15) is 9.90 Å². The van der Waals surface area contributed by atoms with Gasteiger partial charge in [-0.1, -0.05) is 64.5 Å². The zero-order chi connectivity index (χ0) is 24.4. The average Bonchev–Trinajstić information content (AvgIpc) is 3.48. The van der Waals surface area contributed by atoms with Gasteiger partial charge in [-0.15, -0.1) is 11.3 Å². The number of aromatic hydroxyl groups is 1. The second-order valence-corrected chi connectivity index (χ2v) is 9.42. The van der Waals surface area contributed by atoms with Crippen molar-refractivity contribution in [1.82, 2.24) is 4.98 Å². The Morgan fingerprint density at radius 1 is 1.06 bits per heavy atom. The lowest BCUT2D eigenvalue weighted by Crippen LogP contribution is -2.21. The van der Waals surface area contributed by atoms with Crippen LogP contribution in [-0.4, -0.2) is 28.3 Å². The average molecular weight is 546 g/mol. The molecule has 8 heteroatoms. The maximum atomic E-state index is 13.6. The van der Waals surface area contributed by atoms with E-state index >= 15 is 0 Å². The molecule has 0 radical (unpaired) electrons. The highest BCUT2D eigenvalue weighted by Crippen LogP contribution is 2.34. The molecule has 35 heavy (non-hydrogen) atoms. The van der Waals surface area contributed by atoms with Crippen molar-refractivity contribution in [2.75, 3.05) is 11.6 Å². The van der Waals surface area contributed by atoms with Gasteiger partial charge in [0.1, 0.15) is 5.71 Å². The summed E-state index contributed by atoms with van der Waals surface area (Å²) in [7, 11) is 0. The third kappa shape index (κ3) is 4.76. The van der Waals surface area contributed by atoms with Gasteiger partial charge < -0.3 is 9.84 Å². The highest BCUT2D eigenvalue weighted by atomic mass is 79.9. The van der Waals surface area contributed by atoms with E-state index in [4.69, 9.17) is 4.74 Å². The van der Waals surface area contributed by atoms with Crippen molar-refractivity contribution in [3.63, 3.8) is 0 Å². The van der Waals surface area contributed by atoms with Crippen molar-refractivity contribution in [3.05, 3.63) is 99.3 Å². The lowest BCUT2D eigenvalue weighted by atomic mass is 10.0. The molecule has 3 aromatic carbocycles. The lowest BCUT2D eigenvalue weighted by Gasteiger charge is -2.08. The highest BCUT2D eigenvalue weighted by Gasteiger charge is 2.33. The number of carbonyl (C=O) groups is 1. The number of anilines is 1. The first kappa shape index (κ1) is 23.0. The number of hydrogen-bond donors (Lipinski definition) is 1. The molecule has 0 atom stereocenters. The minimum Gasteiger partial charge on any atom is -0.504 e. The number of amides is 1. The van der Waals surface area contributed by atoms with Gasteiger partial charge in [-0.05, 0) is 42.8 Å². The summed E-state index contributed by atoms with van der Waals surface area (Å²) in [6, 6.07) is 22.4. The molecular formula is C27H20BrN3O3S. The Labute approximate surface area is 215 Å². The van der Waals surface area contributed by atoms with Crippen LogP contribution < -0.4 is 9.75 Å². The lowest BCUT2D eigenvalue weighted by molar-refractivity contribution is -0.114. The van der Waals surface area contributed by atoms with Gasteiger partial charge in [0.25, 0.3) is 5.91 Å². The molecule has 1 amide bonds. The van der Waals surface area contributed by atoms with Crippen LogP contribution in [0, 0.1) is 0 Å². The van der Waals surface area contributed by atoms with E-state index < -0.39 is 0 Å². The fourth-order valence-electron chi connectivity index (χ4n) is 3.66. The van der Waals surface area contributed by atoms with Crippen molar-refractivity contribution in [3.8, 4) is 22.8 Å². The van der Waals surface area contributed by atoms with Gasteiger partial charge in [0.15, 0.2) is 11.5 Å². The smallest absolute Gasteiger partial charge is 0.283 e. The van der Waals surface area contributed by atoms with Crippen LogP contribution in [0.2, 0.25) is 0 Å². The predicted molar refractivity (Wildman–Crippen MR) is 143 cm³/mol. The van der Waals surface area contributed by atoms with Gasteiger partial charge in [0.05, 0.1) is 17.9 Å². The van der Waals surface area contributed by atoms with E-state index in [0.29, 0.717) is 28.8 Å². The van der Waals surface area contributed by atoms with Crippen LogP contribution in [0.5, 0.6) is 11.5 Å². The van der Waals surface area contributed by atoms with E-state index in [-0.39, 0.29) is 11.7 Å². The van der Waals surface area contributed by atoms with Crippen LogP contribution in [0.15, 0.2) is 93.3 Å². The summed E-state index contributed by atoms with van der Waals surface area (Å²) in [5, 5.41) is 18.5. The number of benzene rings is 3. The number of carbonyl (C=O) groups excluding carboxylic acids is 1. The van der Waals surface area contributed by atoms with Gasteiger partial charge >= 0.3 is 0 Å². The second kappa shape index (κ2) is 9.85. The summed E-state index contributed by atoms with van der Waals surface area (Å²) >= 11 is 4.81. The van der Waals surface area contributed by atoms with E-state index in [0.717, 1.165) is 26.9 Å². The number of phenols is 1. The summed E-state index contributed by atoms with van der Waals surface area (Å²) in [5.74, 6) is 0.140. The first-order valence-corrected chi connectivity index (χ1v) is 12.6. The topological polar surface area (TPSA) is 75.0 Å². The third-order valence-corrected chi connectivity index (χ3v) is 6.68. The van der Waals surface area contributed by atoms with Gasteiger partial charge in [-0.3, -0.25) is 4.79 Å². The molecule has 0 fully saturated rings. The summed E-state index contributed by atoms with van der Waals surface area (Å²) in [6.45, 7) is 2.27. The minimum atomic E-state index is -0.272. The molecule has 0 bridgehead atoms. The largest absolute Gasteiger partial charge is 0.504 e. The Hall–Kier alpha value is -3.75. The Bertz CT molecular complexity index is 1450. The molecule has 0 spiro atoms. The van der Waals surface area contributed by atoms with Crippen molar-refractivity contribution in [1.29, 1.82) is 0 Å². The third-order valence-electron chi connectivity index (χ3n) is 5.33. The highest BCUT2D eigenvalue weighted by molar-refractivity contribution is 9.10. The standard InChI is InChI=1S/C27H20BrN3O3S/c1-2-34-24-15-17(8-13-23(24)32)14-21-25(19-6-4-3-5-7-19)30-31(26(21)33)27-29-22(16-35-27)18-9-11-20(28)12-10-18/h3-16,32H,2H2,1H3/b21-14-. The molecule has 1 aliphatic heterocycles. The van der Waals surface area contributed by atoms with Crippen LogP contribution in [0.4, 0.5) is 5.13 Å². The number of phenolic OH excluding ortho intramolecular Hbond substituents is 1. The normalized spacial score (nSPS) is 14.5. The zero-order valence-electron chi connectivity index (χ0n) is 18.7. The van der Waals surface area contributed by atoms with Gasteiger partial charge in [0, 0.05) is 21.0 Å². The quantitative estimate of drug-likeness (QED) is 0.280. The fraction of sp³-hybridized carbons (Fsp3) is 0.0741. The van der Waals surface area contributed by atoms with Gasteiger partial charge in [0.2, 0.25) is 5.13 Å². The number of aromatic nitrogens is 1. The van der Waals surface area contributed by atoms with Gasteiger partial charge in [-0.25, -0.2) is 4.98 Å². The van der Waals surface area contributed by atoms with Crippen LogP contribution >= 0.6 is 27.3 Å². The molecule has 4 aromatic rings. The van der Waals surface area contributed by atoms with Crippen molar-refractivity contribution in [2.45, 2.75) is 6.92 Å². The number of nitrogens with zero attached hydrogens (tertiary/aromatic N) is 3. The number of thiazole rings is 1. The zero-order valence-corrected chi connectivity index (χ0v) is 21.1. The molecule has 174 valence electrons. The molecule has 0 aliphatic carbocycles. The Kier molecular flexibility index (Phi) is 6.48. The van der Waals surface area contributed by atoms with E-state index in [2.05, 4.69) is 26.0 Å². The molecule has 6 nitrogen and oxygen atoms in total. The molecule has 1 aliphatic rings. The van der Waals surface area contributed by atoms with Crippen LogP contribution in [0.25, 0.3) is 17.3 Å². The molecule has 5 rings (SSSR count). The maximum Gasteiger partial charge on any atom is 0.283 e. The molecule has 0 saturated carbocycles. The Balaban J connectivity index is 1.55. The Morgan fingerprint density at radius 2 is 1.83 bits per heavy atom. The van der Waals surface area contributed by atoms with Crippen LogP contribution in [-0.2, 0) is 4.79 Å². The van der Waals surface area contributed by atoms with E-state index in [1.54, 1.807) is 24.3 Å². The summed E-state index contributed by atoms with van der Waals surface area (Å²) in [4.78, 5) is 18.3. The number of halogens is 1. The van der Waals surface area contributed by atoms with Gasteiger partial charge in [-0.2, -0.15) is 10.1 Å². The fourth-order valence-corrected chi connectivity index (χ4v) is 4.70. The van der Waals surface area contributed by atoms with E-state index in [1.807, 2.05) is 66.9 Å². The molecule has 2 heterocycles. The predicted octanol–water partition coefficient (Wildman–Crippen LogP) is 6.51. The number of ether oxygens (including phenoxy) is 1. The minimum absolute atomic E-state index is 0.0496.